The average Bonchev–Trinajstić information content (AvgIpc) is 3.14. The van der Waals surface area contributed by atoms with Crippen LogP contribution in [0.1, 0.15) is 63.6 Å². The molecule has 2 aliphatic carbocycles. The number of rotatable bonds is 6. The molecule has 0 spiro atoms. The van der Waals surface area contributed by atoms with Crippen molar-refractivity contribution in [2.75, 3.05) is 13.2 Å². The summed E-state index contributed by atoms with van der Waals surface area (Å²) in [5.41, 5.74) is 5.58. The van der Waals surface area contributed by atoms with Crippen LogP contribution < -0.4 is 5.73 Å². The first-order valence-corrected chi connectivity index (χ1v) is 7.81. The second-order valence-corrected chi connectivity index (χ2v) is 6.71. The van der Waals surface area contributed by atoms with Crippen LogP contribution in [0.2, 0.25) is 0 Å². The standard InChI is InChI=1S/C15H25N3O2/c1-3-6-19-9-15(2,16)14-17-13(20-18-14)12-8-10-4-5-11(12)7-10/h10-12H,3-9,16H2,1-2H3. The summed E-state index contributed by atoms with van der Waals surface area (Å²) in [5.74, 6) is 3.44. The molecule has 112 valence electrons. The average molecular weight is 279 g/mol. The minimum Gasteiger partial charge on any atom is -0.379 e. The lowest BCUT2D eigenvalue weighted by Crippen LogP contribution is -2.39. The maximum Gasteiger partial charge on any atom is 0.230 e. The van der Waals surface area contributed by atoms with E-state index in [0.29, 0.717) is 25.0 Å². The summed E-state index contributed by atoms with van der Waals surface area (Å²) in [6.07, 6.45) is 6.22. The zero-order chi connectivity index (χ0) is 14.2. The Hall–Kier alpha value is -0.940. The van der Waals surface area contributed by atoms with Gasteiger partial charge >= 0.3 is 0 Å². The molecule has 1 heterocycles. The molecule has 0 radical (unpaired) electrons. The first-order chi connectivity index (χ1) is 9.60. The van der Waals surface area contributed by atoms with Crippen LogP contribution in [0.3, 0.4) is 0 Å². The zero-order valence-corrected chi connectivity index (χ0v) is 12.5. The fraction of sp³-hybridized carbons (Fsp3) is 0.867. The minimum absolute atomic E-state index is 0.427. The first kappa shape index (κ1) is 14.0. The van der Waals surface area contributed by atoms with E-state index in [0.717, 1.165) is 24.1 Å². The highest BCUT2D eigenvalue weighted by atomic mass is 16.5. The Morgan fingerprint density at radius 3 is 2.90 bits per heavy atom. The van der Waals surface area contributed by atoms with Gasteiger partial charge in [0.2, 0.25) is 5.89 Å². The third-order valence-electron chi connectivity index (χ3n) is 4.76. The van der Waals surface area contributed by atoms with Crippen LogP contribution >= 0.6 is 0 Å². The summed E-state index contributed by atoms with van der Waals surface area (Å²) in [6, 6.07) is 0. The van der Waals surface area contributed by atoms with Crippen molar-refractivity contribution in [2.45, 2.75) is 57.4 Å². The van der Waals surface area contributed by atoms with E-state index in [1.165, 1.54) is 25.7 Å². The number of ether oxygens (including phenoxy) is 1. The summed E-state index contributed by atoms with van der Waals surface area (Å²) >= 11 is 0. The quantitative estimate of drug-likeness (QED) is 0.810. The van der Waals surface area contributed by atoms with Crippen LogP contribution in [0.15, 0.2) is 4.52 Å². The summed E-state index contributed by atoms with van der Waals surface area (Å²) in [6.45, 7) is 5.12. The van der Waals surface area contributed by atoms with E-state index in [-0.39, 0.29) is 0 Å². The largest absolute Gasteiger partial charge is 0.379 e. The molecule has 2 fully saturated rings. The molecule has 2 N–H and O–H groups in total. The smallest absolute Gasteiger partial charge is 0.230 e. The number of hydrogen-bond donors (Lipinski definition) is 1. The molecule has 0 saturated heterocycles. The number of fused-ring (bicyclic) bond motifs is 2. The number of nitrogens with two attached hydrogens (primary N) is 1. The predicted octanol–water partition coefficient (Wildman–Crippen LogP) is 2.57. The van der Waals surface area contributed by atoms with E-state index in [4.69, 9.17) is 15.0 Å². The van der Waals surface area contributed by atoms with Gasteiger partial charge in [-0.1, -0.05) is 18.5 Å². The molecule has 2 saturated carbocycles. The molecule has 1 aromatic rings. The van der Waals surface area contributed by atoms with Gasteiger partial charge in [0.25, 0.3) is 0 Å². The van der Waals surface area contributed by atoms with Gasteiger partial charge in [0.15, 0.2) is 5.82 Å². The molecule has 20 heavy (non-hydrogen) atoms. The number of aromatic nitrogens is 2. The molecule has 4 unspecified atom stereocenters. The van der Waals surface area contributed by atoms with Gasteiger partial charge in [-0.3, -0.25) is 0 Å². The Kier molecular flexibility index (Phi) is 3.82. The highest BCUT2D eigenvalue weighted by Crippen LogP contribution is 2.52. The molecule has 2 bridgehead atoms. The Morgan fingerprint density at radius 1 is 1.40 bits per heavy atom. The van der Waals surface area contributed by atoms with Crippen LogP contribution in [0, 0.1) is 11.8 Å². The molecule has 0 aromatic carbocycles. The second-order valence-electron chi connectivity index (χ2n) is 6.71. The number of hydrogen-bond acceptors (Lipinski definition) is 5. The number of nitrogens with zero attached hydrogens (tertiary/aromatic N) is 2. The van der Waals surface area contributed by atoms with Gasteiger partial charge in [-0.2, -0.15) is 4.98 Å². The van der Waals surface area contributed by atoms with E-state index < -0.39 is 5.54 Å². The lowest BCUT2D eigenvalue weighted by molar-refractivity contribution is 0.0867. The molecule has 5 heteroatoms. The van der Waals surface area contributed by atoms with Crippen molar-refractivity contribution in [3.8, 4) is 0 Å². The second kappa shape index (κ2) is 5.45. The van der Waals surface area contributed by atoms with Crippen molar-refractivity contribution < 1.29 is 9.26 Å². The fourth-order valence-corrected chi connectivity index (χ4v) is 3.66. The zero-order valence-electron chi connectivity index (χ0n) is 12.5. The Balaban J connectivity index is 1.67. The monoisotopic (exact) mass is 279 g/mol. The predicted molar refractivity (Wildman–Crippen MR) is 75.1 cm³/mol. The van der Waals surface area contributed by atoms with Gasteiger partial charge in [-0.25, -0.2) is 0 Å². The van der Waals surface area contributed by atoms with Crippen LogP contribution in [-0.2, 0) is 10.3 Å². The van der Waals surface area contributed by atoms with Crippen molar-refractivity contribution in [1.82, 2.24) is 10.1 Å². The van der Waals surface area contributed by atoms with Crippen molar-refractivity contribution >= 4 is 0 Å². The molecule has 1 aromatic heterocycles. The molecule has 0 amide bonds. The minimum atomic E-state index is -0.672. The van der Waals surface area contributed by atoms with Gasteiger partial charge in [-0.05, 0) is 44.4 Å². The molecule has 0 aliphatic heterocycles. The lowest BCUT2D eigenvalue weighted by atomic mass is 9.89. The van der Waals surface area contributed by atoms with E-state index >= 15 is 0 Å². The normalized spacial score (nSPS) is 31.6. The van der Waals surface area contributed by atoms with Gasteiger partial charge < -0.3 is 15.0 Å². The molecule has 5 nitrogen and oxygen atoms in total. The van der Waals surface area contributed by atoms with Crippen LogP contribution in [0.25, 0.3) is 0 Å². The van der Waals surface area contributed by atoms with Gasteiger partial charge in [0.1, 0.15) is 5.54 Å². The van der Waals surface area contributed by atoms with Crippen molar-refractivity contribution in [3.05, 3.63) is 11.7 Å². The van der Waals surface area contributed by atoms with Crippen LogP contribution in [-0.4, -0.2) is 23.4 Å². The first-order valence-electron chi connectivity index (χ1n) is 7.81. The van der Waals surface area contributed by atoms with E-state index in [2.05, 4.69) is 17.1 Å². The Labute approximate surface area is 120 Å². The lowest BCUT2D eigenvalue weighted by Gasteiger charge is -2.20. The Morgan fingerprint density at radius 2 is 2.25 bits per heavy atom. The van der Waals surface area contributed by atoms with E-state index in [9.17, 15) is 0 Å². The van der Waals surface area contributed by atoms with Gasteiger partial charge in [0.05, 0.1) is 6.61 Å². The third kappa shape index (κ3) is 2.61. The molecule has 3 rings (SSSR count). The maximum atomic E-state index is 6.26. The van der Waals surface area contributed by atoms with Gasteiger partial charge in [0, 0.05) is 12.5 Å². The highest BCUT2D eigenvalue weighted by molar-refractivity contribution is 5.08. The van der Waals surface area contributed by atoms with E-state index in [1.54, 1.807) is 0 Å². The molecule has 2 aliphatic rings. The molecule has 4 atom stereocenters. The molecular formula is C15H25N3O2. The highest BCUT2D eigenvalue weighted by Gasteiger charge is 2.43. The SMILES string of the molecule is CCCOCC(C)(N)c1noc(C2CC3CCC2C3)n1. The summed E-state index contributed by atoms with van der Waals surface area (Å²) in [4.78, 5) is 4.58. The third-order valence-corrected chi connectivity index (χ3v) is 4.76. The maximum absolute atomic E-state index is 6.26. The van der Waals surface area contributed by atoms with Crippen molar-refractivity contribution in [3.63, 3.8) is 0 Å². The summed E-state index contributed by atoms with van der Waals surface area (Å²) < 4.78 is 11.0. The van der Waals surface area contributed by atoms with Crippen molar-refractivity contribution in [1.29, 1.82) is 0 Å². The van der Waals surface area contributed by atoms with Crippen LogP contribution in [0.4, 0.5) is 0 Å². The topological polar surface area (TPSA) is 74.2 Å². The Bertz CT molecular complexity index is 458. The summed E-state index contributed by atoms with van der Waals surface area (Å²) in [7, 11) is 0. The van der Waals surface area contributed by atoms with Crippen LogP contribution in [0.5, 0.6) is 0 Å². The van der Waals surface area contributed by atoms with Crippen molar-refractivity contribution in [2.24, 2.45) is 17.6 Å². The van der Waals surface area contributed by atoms with E-state index in [1.807, 2.05) is 6.92 Å². The molecular weight excluding hydrogens is 254 g/mol. The summed E-state index contributed by atoms with van der Waals surface area (Å²) in [5, 5.41) is 4.10. The van der Waals surface area contributed by atoms with Gasteiger partial charge in [-0.15, -0.1) is 0 Å². The fourth-order valence-electron chi connectivity index (χ4n) is 3.66.